The highest BCUT2D eigenvalue weighted by Gasteiger charge is 2.27. The third-order valence-corrected chi connectivity index (χ3v) is 6.16. The largest absolute Gasteiger partial charge is 0.492 e. The number of aromatic nitrogens is 1. The van der Waals surface area contributed by atoms with Gasteiger partial charge in [-0.05, 0) is 33.6 Å². The predicted octanol–water partition coefficient (Wildman–Crippen LogP) is 5.94. The minimum Gasteiger partial charge on any atom is -0.492 e. The van der Waals surface area contributed by atoms with Gasteiger partial charge in [0.2, 0.25) is 17.7 Å². The van der Waals surface area contributed by atoms with Crippen LogP contribution in [-0.2, 0) is 19.1 Å². The van der Waals surface area contributed by atoms with Crippen LogP contribution in [0.3, 0.4) is 0 Å². The molecule has 9 heteroatoms. The van der Waals surface area contributed by atoms with Crippen molar-refractivity contribution in [1.82, 2.24) is 10.0 Å². The number of nitrogens with one attached hydrogen (secondary N) is 1. The minimum absolute atomic E-state index is 0.0408. The summed E-state index contributed by atoms with van der Waals surface area (Å²) in [4.78, 5) is 42.3. The van der Waals surface area contributed by atoms with E-state index in [9.17, 15) is 24.6 Å². The van der Waals surface area contributed by atoms with Gasteiger partial charge in [-0.25, -0.2) is 9.59 Å². The lowest BCUT2D eigenvalue weighted by atomic mass is 10.0. The van der Waals surface area contributed by atoms with Gasteiger partial charge in [-0.15, -0.1) is 4.73 Å². The number of unbranched alkanes of at least 4 members (excludes halogenated alkanes) is 12. The summed E-state index contributed by atoms with van der Waals surface area (Å²) in [6, 6.07) is 1.33. The molecule has 0 radical (unpaired) electrons. The fourth-order valence-electron chi connectivity index (χ4n) is 4.10. The van der Waals surface area contributed by atoms with Crippen LogP contribution in [0.2, 0.25) is 0 Å². The summed E-state index contributed by atoms with van der Waals surface area (Å²) in [6.07, 6.45) is 15.8. The molecule has 0 aliphatic carbocycles. The molecule has 0 unspecified atom stereocenters. The quantitative estimate of drug-likeness (QED) is 0.138. The smallest absolute Gasteiger partial charge is 0.333 e. The molecule has 1 rings (SSSR count). The maximum absolute atomic E-state index is 12.6. The zero-order valence-corrected chi connectivity index (χ0v) is 23.9. The molecule has 1 heterocycles. The molecule has 218 valence electrons. The van der Waals surface area contributed by atoms with Gasteiger partial charge in [0, 0.05) is 18.6 Å². The summed E-state index contributed by atoms with van der Waals surface area (Å²) in [6.45, 7) is 7.42. The molecule has 1 aromatic heterocycles. The van der Waals surface area contributed by atoms with Gasteiger partial charge in [0.25, 0.3) is 0 Å². The molecule has 0 saturated carbocycles. The lowest BCUT2D eigenvalue weighted by Gasteiger charge is -2.24. The number of amides is 1. The summed E-state index contributed by atoms with van der Waals surface area (Å²) in [5.41, 5.74) is -0.752. The molecule has 0 aromatic carbocycles. The van der Waals surface area contributed by atoms with Gasteiger partial charge in [0.15, 0.2) is 0 Å². The Hall–Kier alpha value is -2.71. The van der Waals surface area contributed by atoms with Crippen LogP contribution in [0.25, 0.3) is 0 Å². The van der Waals surface area contributed by atoms with Crippen molar-refractivity contribution >= 4 is 17.8 Å². The van der Waals surface area contributed by atoms with E-state index in [1.165, 1.54) is 76.3 Å². The Balaban J connectivity index is 2.33. The first-order chi connectivity index (χ1) is 18.0. The summed E-state index contributed by atoms with van der Waals surface area (Å²) >= 11 is 0. The first-order valence-electron chi connectivity index (χ1n) is 14.4. The molecule has 1 atom stereocenters. The number of esters is 1. The molecule has 38 heavy (non-hydrogen) atoms. The lowest BCUT2D eigenvalue weighted by Crippen LogP contribution is -2.44. The number of hydrogen-bond donors (Lipinski definition) is 3. The van der Waals surface area contributed by atoms with Gasteiger partial charge in [-0.2, -0.15) is 0 Å². The highest BCUT2D eigenvalue weighted by Crippen LogP contribution is 2.19. The van der Waals surface area contributed by atoms with Gasteiger partial charge in [0.1, 0.15) is 11.6 Å². The average Bonchev–Trinajstić information content (AvgIpc) is 3.15. The summed E-state index contributed by atoms with van der Waals surface area (Å²) in [7, 11) is 0. The number of aromatic hydroxyl groups is 2. The van der Waals surface area contributed by atoms with E-state index in [2.05, 4.69) is 12.2 Å². The van der Waals surface area contributed by atoms with E-state index >= 15 is 0 Å². The first-order valence-corrected chi connectivity index (χ1v) is 14.4. The highest BCUT2D eigenvalue weighted by molar-refractivity contribution is 5.85. The van der Waals surface area contributed by atoms with E-state index < -0.39 is 35.3 Å². The van der Waals surface area contributed by atoms with Crippen molar-refractivity contribution < 1.29 is 34.2 Å². The molecule has 0 bridgehead atoms. The van der Waals surface area contributed by atoms with E-state index in [0.29, 0.717) is 11.2 Å². The Morgan fingerprint density at radius 3 is 1.76 bits per heavy atom. The number of carbonyl (C=O) groups excluding carboxylic acids is 3. The summed E-state index contributed by atoms with van der Waals surface area (Å²) in [5, 5.41) is 21.9. The molecule has 9 nitrogen and oxygen atoms in total. The van der Waals surface area contributed by atoms with Crippen LogP contribution < -0.4 is 10.2 Å². The number of hydrogen-bond acceptors (Lipinski definition) is 7. The minimum atomic E-state index is -1.01. The van der Waals surface area contributed by atoms with Gasteiger partial charge < -0.3 is 25.1 Å². The van der Waals surface area contributed by atoms with E-state index in [0.717, 1.165) is 19.3 Å². The van der Waals surface area contributed by atoms with Crippen molar-refractivity contribution in [1.29, 1.82) is 0 Å². The van der Waals surface area contributed by atoms with E-state index in [1.54, 1.807) is 20.8 Å². The third kappa shape index (κ3) is 15.5. The molecular formula is C29H50N2O7. The normalized spacial score (nSPS) is 12.2. The van der Waals surface area contributed by atoms with E-state index in [-0.39, 0.29) is 18.7 Å². The van der Waals surface area contributed by atoms with Crippen molar-refractivity contribution in [3.05, 3.63) is 12.1 Å². The number of nitrogens with zero attached hydrogens (tertiary/aromatic N) is 1. The Kier molecular flexibility index (Phi) is 16.2. The maximum atomic E-state index is 12.6. The topological polar surface area (TPSA) is 127 Å². The second kappa shape index (κ2) is 18.5. The average molecular weight is 539 g/mol. The lowest BCUT2D eigenvalue weighted by molar-refractivity contribution is -0.159. The molecular weight excluding hydrogens is 488 g/mol. The summed E-state index contributed by atoms with van der Waals surface area (Å²) < 4.78 is 5.99. The molecule has 0 spiro atoms. The van der Waals surface area contributed by atoms with Crippen LogP contribution in [-0.4, -0.2) is 44.4 Å². The number of ether oxygens (including phenoxy) is 1. The van der Waals surface area contributed by atoms with Gasteiger partial charge in [-0.1, -0.05) is 84.0 Å². The van der Waals surface area contributed by atoms with Gasteiger partial charge in [-0.3, -0.25) is 4.79 Å². The zero-order valence-electron chi connectivity index (χ0n) is 23.9. The summed E-state index contributed by atoms with van der Waals surface area (Å²) in [5.74, 6) is -2.56. The predicted molar refractivity (Wildman–Crippen MR) is 147 cm³/mol. The van der Waals surface area contributed by atoms with Crippen molar-refractivity contribution in [3.8, 4) is 11.8 Å². The Morgan fingerprint density at radius 2 is 1.29 bits per heavy atom. The Bertz CT molecular complexity index is 810. The monoisotopic (exact) mass is 538 g/mol. The van der Waals surface area contributed by atoms with Crippen molar-refractivity contribution in [2.24, 2.45) is 0 Å². The Morgan fingerprint density at radius 1 is 0.816 bits per heavy atom. The van der Waals surface area contributed by atoms with E-state index in [1.807, 2.05) is 0 Å². The van der Waals surface area contributed by atoms with Crippen molar-refractivity contribution in [3.63, 3.8) is 0 Å². The standard InChI is InChI=1S/C29H50N2O7/c1-5-6-7-8-9-10-11-12-13-14-15-16-17-18-24(32)30-23(28(36)37-29(2,3)4)19-22-27(35)38-31-25(33)20-21-26(31)34/h20-21,23,33-34H,5-19,22H2,1-4H3,(H,30,32)/t23-/m0/s1. The fourth-order valence-corrected chi connectivity index (χ4v) is 4.10. The molecule has 0 saturated heterocycles. The third-order valence-electron chi connectivity index (χ3n) is 6.16. The van der Waals surface area contributed by atoms with Crippen LogP contribution in [0.4, 0.5) is 0 Å². The fraction of sp³-hybridized carbons (Fsp3) is 0.759. The maximum Gasteiger partial charge on any atom is 0.333 e. The first kappa shape index (κ1) is 33.3. The van der Waals surface area contributed by atoms with Gasteiger partial charge in [0.05, 0.1) is 6.42 Å². The Labute approximate surface area is 228 Å². The second-order valence-electron chi connectivity index (χ2n) is 11.0. The SMILES string of the molecule is CCCCCCCCCCCCCCCC(=O)N[C@@H](CCC(=O)On1c(O)ccc1O)C(=O)OC(C)(C)C. The zero-order chi connectivity index (χ0) is 28.4. The molecule has 3 N–H and O–H groups in total. The molecule has 0 aliphatic heterocycles. The van der Waals surface area contributed by atoms with Crippen LogP contribution in [0.5, 0.6) is 11.8 Å². The van der Waals surface area contributed by atoms with Crippen LogP contribution >= 0.6 is 0 Å². The van der Waals surface area contributed by atoms with Crippen LogP contribution in [0, 0.1) is 0 Å². The van der Waals surface area contributed by atoms with Gasteiger partial charge >= 0.3 is 11.9 Å². The molecule has 1 aromatic rings. The molecule has 1 amide bonds. The van der Waals surface area contributed by atoms with Crippen LogP contribution in [0.15, 0.2) is 12.1 Å². The number of rotatable bonds is 20. The van der Waals surface area contributed by atoms with Crippen molar-refractivity contribution in [2.75, 3.05) is 0 Å². The molecule has 0 aliphatic rings. The highest BCUT2D eigenvalue weighted by atomic mass is 16.7. The molecule has 0 fully saturated rings. The van der Waals surface area contributed by atoms with E-state index in [4.69, 9.17) is 9.57 Å². The van der Waals surface area contributed by atoms with Crippen LogP contribution in [0.1, 0.15) is 130 Å². The number of carbonyl (C=O) groups is 3. The van der Waals surface area contributed by atoms with Crippen molar-refractivity contribution in [2.45, 2.75) is 142 Å². The second-order valence-corrected chi connectivity index (χ2v) is 11.0.